The Labute approximate surface area is 202 Å². The van der Waals surface area contributed by atoms with Gasteiger partial charge in [0.15, 0.2) is 0 Å². The summed E-state index contributed by atoms with van der Waals surface area (Å²) in [6.07, 6.45) is 1.47. The maximum Gasteiger partial charge on any atom is 0.343 e. The second-order valence-corrected chi connectivity index (χ2v) is 7.48. The second kappa shape index (κ2) is 11.0. The highest BCUT2D eigenvalue weighted by atomic mass is 16.5. The van der Waals surface area contributed by atoms with Crippen molar-refractivity contribution >= 4 is 28.9 Å². The number of hydrogen-bond acceptors (Lipinski definition) is 6. The zero-order valence-electron chi connectivity index (χ0n) is 19.4. The van der Waals surface area contributed by atoms with Gasteiger partial charge in [0, 0.05) is 11.1 Å². The third kappa shape index (κ3) is 5.65. The van der Waals surface area contributed by atoms with Gasteiger partial charge >= 0.3 is 5.97 Å². The van der Waals surface area contributed by atoms with E-state index in [9.17, 15) is 9.59 Å². The van der Waals surface area contributed by atoms with Gasteiger partial charge in [-0.25, -0.2) is 10.2 Å². The molecular weight excluding hydrogens is 444 g/mol. The first-order valence-corrected chi connectivity index (χ1v) is 11.0. The van der Waals surface area contributed by atoms with Crippen LogP contribution in [-0.2, 0) is 0 Å². The molecule has 7 nitrogen and oxygen atoms in total. The van der Waals surface area contributed by atoms with Gasteiger partial charge in [-0.05, 0) is 66.2 Å². The van der Waals surface area contributed by atoms with Crippen molar-refractivity contribution in [3.05, 3.63) is 102 Å². The van der Waals surface area contributed by atoms with Crippen molar-refractivity contribution in [1.29, 1.82) is 0 Å². The van der Waals surface area contributed by atoms with Crippen LogP contribution >= 0.6 is 0 Å². The van der Waals surface area contributed by atoms with E-state index in [4.69, 9.17) is 14.2 Å². The highest BCUT2D eigenvalue weighted by Crippen LogP contribution is 2.27. The number of fused-ring (bicyclic) bond motifs is 1. The molecule has 35 heavy (non-hydrogen) atoms. The van der Waals surface area contributed by atoms with Crippen molar-refractivity contribution < 1.29 is 23.8 Å². The molecule has 0 aliphatic rings. The summed E-state index contributed by atoms with van der Waals surface area (Å²) >= 11 is 0. The number of esters is 1. The number of ether oxygens (including phenoxy) is 3. The predicted octanol–water partition coefficient (Wildman–Crippen LogP) is 5.23. The van der Waals surface area contributed by atoms with E-state index < -0.39 is 11.9 Å². The van der Waals surface area contributed by atoms with Crippen molar-refractivity contribution in [3.63, 3.8) is 0 Å². The van der Waals surface area contributed by atoms with Crippen molar-refractivity contribution in [3.8, 4) is 17.2 Å². The zero-order chi connectivity index (χ0) is 24.6. The van der Waals surface area contributed by atoms with Gasteiger partial charge in [0.05, 0.1) is 25.5 Å². The molecule has 0 fully saturated rings. The number of benzene rings is 4. The molecule has 1 amide bonds. The summed E-state index contributed by atoms with van der Waals surface area (Å²) < 4.78 is 16.3. The fraction of sp³-hybridized carbons (Fsp3) is 0.107. The number of methoxy groups -OCH3 is 1. The van der Waals surface area contributed by atoms with Crippen molar-refractivity contribution in [2.75, 3.05) is 13.7 Å². The van der Waals surface area contributed by atoms with Gasteiger partial charge in [0.1, 0.15) is 17.2 Å². The average molecular weight is 469 g/mol. The van der Waals surface area contributed by atoms with Crippen LogP contribution in [-0.4, -0.2) is 31.8 Å². The molecule has 0 spiro atoms. The molecule has 0 heterocycles. The van der Waals surface area contributed by atoms with E-state index >= 15 is 0 Å². The molecule has 0 aromatic heterocycles. The number of rotatable bonds is 8. The van der Waals surface area contributed by atoms with E-state index in [0.717, 1.165) is 10.8 Å². The predicted molar refractivity (Wildman–Crippen MR) is 135 cm³/mol. The third-order valence-corrected chi connectivity index (χ3v) is 5.23. The lowest BCUT2D eigenvalue weighted by molar-refractivity contribution is 0.0734. The summed E-state index contributed by atoms with van der Waals surface area (Å²) in [6, 6.07) is 24.7. The lowest BCUT2D eigenvalue weighted by atomic mass is 10.0. The Morgan fingerprint density at radius 3 is 2.46 bits per heavy atom. The van der Waals surface area contributed by atoms with Gasteiger partial charge in [-0.3, -0.25) is 4.79 Å². The fourth-order valence-corrected chi connectivity index (χ4v) is 3.49. The fourth-order valence-electron chi connectivity index (χ4n) is 3.49. The van der Waals surface area contributed by atoms with Crippen molar-refractivity contribution in [2.24, 2.45) is 5.10 Å². The van der Waals surface area contributed by atoms with E-state index in [1.807, 2.05) is 37.3 Å². The minimum absolute atomic E-state index is 0.321. The molecule has 0 saturated carbocycles. The molecule has 4 aromatic carbocycles. The van der Waals surface area contributed by atoms with Crippen LogP contribution in [0.15, 0.2) is 90.0 Å². The van der Waals surface area contributed by atoms with E-state index in [0.29, 0.717) is 40.5 Å². The molecule has 176 valence electrons. The minimum atomic E-state index is -0.515. The molecular formula is C28H24N2O5. The Bertz CT molecular complexity index is 1380. The van der Waals surface area contributed by atoms with Gasteiger partial charge < -0.3 is 14.2 Å². The molecule has 0 atom stereocenters. The molecule has 0 aliphatic heterocycles. The lowest BCUT2D eigenvalue weighted by Crippen LogP contribution is -2.17. The van der Waals surface area contributed by atoms with E-state index in [1.165, 1.54) is 13.3 Å². The highest BCUT2D eigenvalue weighted by Gasteiger charge is 2.14. The quantitative estimate of drug-likeness (QED) is 0.166. The van der Waals surface area contributed by atoms with Crippen LogP contribution in [0.3, 0.4) is 0 Å². The summed E-state index contributed by atoms with van der Waals surface area (Å²) in [6.45, 7) is 2.43. The summed E-state index contributed by atoms with van der Waals surface area (Å²) in [5.41, 5.74) is 3.87. The standard InChI is InChI=1S/C28H24N2O5/c1-3-34-22-14-11-20(12-15-22)28(32)35-26-16-13-19-7-4-5-10-24(19)25(26)18-29-30-27(31)21-8-6-9-23(17-21)33-2/h4-18H,3H2,1-2H3,(H,30,31)/b29-18+. The summed E-state index contributed by atoms with van der Waals surface area (Å²) in [5.74, 6) is 0.655. The Hall–Kier alpha value is -4.65. The number of hydrogen-bond donors (Lipinski definition) is 1. The normalized spacial score (nSPS) is 10.8. The number of amides is 1. The largest absolute Gasteiger partial charge is 0.497 e. The van der Waals surface area contributed by atoms with Crippen LogP contribution in [0.2, 0.25) is 0 Å². The second-order valence-electron chi connectivity index (χ2n) is 7.48. The molecule has 4 rings (SSSR count). The van der Waals surface area contributed by atoms with Crippen LogP contribution in [0.25, 0.3) is 10.8 Å². The summed E-state index contributed by atoms with van der Waals surface area (Å²) in [4.78, 5) is 25.3. The molecule has 0 bridgehead atoms. The Kier molecular flexibility index (Phi) is 7.37. The summed E-state index contributed by atoms with van der Waals surface area (Å²) in [5, 5.41) is 5.88. The highest BCUT2D eigenvalue weighted by molar-refractivity contribution is 6.04. The first-order chi connectivity index (χ1) is 17.1. The van der Waals surface area contributed by atoms with E-state index in [-0.39, 0.29) is 0 Å². The number of hydrazone groups is 1. The zero-order valence-corrected chi connectivity index (χ0v) is 19.4. The molecule has 0 saturated heterocycles. The molecule has 4 aromatic rings. The minimum Gasteiger partial charge on any atom is -0.497 e. The van der Waals surface area contributed by atoms with E-state index in [2.05, 4.69) is 10.5 Å². The monoisotopic (exact) mass is 468 g/mol. The topological polar surface area (TPSA) is 86.2 Å². The lowest BCUT2D eigenvalue weighted by Gasteiger charge is -2.11. The molecule has 1 N–H and O–H groups in total. The first kappa shape index (κ1) is 23.5. The molecule has 0 unspecified atom stereocenters. The van der Waals surface area contributed by atoms with Gasteiger partial charge in [-0.2, -0.15) is 5.10 Å². The van der Waals surface area contributed by atoms with Crippen LogP contribution in [0.4, 0.5) is 0 Å². The van der Waals surface area contributed by atoms with Crippen molar-refractivity contribution in [2.45, 2.75) is 6.92 Å². The number of nitrogens with one attached hydrogen (secondary N) is 1. The van der Waals surface area contributed by atoms with Crippen LogP contribution in [0.5, 0.6) is 17.2 Å². The average Bonchev–Trinajstić information content (AvgIpc) is 2.90. The Morgan fingerprint density at radius 2 is 1.69 bits per heavy atom. The maximum absolute atomic E-state index is 12.8. The first-order valence-electron chi connectivity index (χ1n) is 11.0. The number of carbonyl (C=O) groups excluding carboxylic acids is 2. The van der Waals surface area contributed by atoms with Gasteiger partial charge in [-0.1, -0.05) is 36.4 Å². The number of nitrogens with zero attached hydrogens (tertiary/aromatic N) is 1. The van der Waals surface area contributed by atoms with Crippen LogP contribution < -0.4 is 19.6 Å². The van der Waals surface area contributed by atoms with Crippen molar-refractivity contribution in [1.82, 2.24) is 5.43 Å². The Morgan fingerprint density at radius 1 is 0.886 bits per heavy atom. The van der Waals surface area contributed by atoms with Gasteiger partial charge in [0.2, 0.25) is 0 Å². The SMILES string of the molecule is CCOc1ccc(C(=O)Oc2ccc3ccccc3c2/C=N/NC(=O)c2cccc(OC)c2)cc1. The third-order valence-electron chi connectivity index (χ3n) is 5.23. The van der Waals surface area contributed by atoms with Crippen LogP contribution in [0, 0.1) is 0 Å². The van der Waals surface area contributed by atoms with E-state index in [1.54, 1.807) is 54.6 Å². The summed E-state index contributed by atoms with van der Waals surface area (Å²) in [7, 11) is 1.53. The maximum atomic E-state index is 12.8. The number of carbonyl (C=O) groups is 2. The molecule has 0 aliphatic carbocycles. The Balaban J connectivity index is 1.58. The molecule has 7 heteroatoms. The molecule has 0 radical (unpaired) electrons. The van der Waals surface area contributed by atoms with Gasteiger partial charge in [-0.15, -0.1) is 0 Å². The van der Waals surface area contributed by atoms with Crippen LogP contribution in [0.1, 0.15) is 33.2 Å². The smallest absolute Gasteiger partial charge is 0.343 e. The van der Waals surface area contributed by atoms with Gasteiger partial charge in [0.25, 0.3) is 5.91 Å².